The van der Waals surface area contributed by atoms with Crippen molar-refractivity contribution in [3.8, 4) is 5.75 Å². The Labute approximate surface area is 178 Å². The fourth-order valence-corrected chi connectivity index (χ4v) is 4.00. The standard InChI is InChI=1S/C19H17F5N6O2/c20-15(21)7-30-17-13(5-27-30)26-6-16(28-17)29-9-18(10-29)4-12(8-31-18)32-11-1-2-25-14(3-11)19(22,23)24/h1-3,5-6,12,15H,4,7-10H2. The lowest BCUT2D eigenvalue weighted by molar-refractivity contribution is -0.141. The average molecular weight is 456 g/mol. The van der Waals surface area contributed by atoms with Gasteiger partial charge in [0.25, 0.3) is 6.43 Å². The first kappa shape index (κ1) is 20.8. The van der Waals surface area contributed by atoms with Gasteiger partial charge in [0.1, 0.15) is 41.0 Å². The molecule has 1 unspecified atom stereocenters. The molecule has 0 bridgehead atoms. The van der Waals surface area contributed by atoms with Crippen LogP contribution in [0.2, 0.25) is 0 Å². The first-order valence-electron chi connectivity index (χ1n) is 9.76. The van der Waals surface area contributed by atoms with Gasteiger partial charge in [0.15, 0.2) is 5.65 Å². The number of anilines is 1. The Morgan fingerprint density at radius 3 is 2.78 bits per heavy atom. The summed E-state index contributed by atoms with van der Waals surface area (Å²) in [4.78, 5) is 13.9. The molecule has 13 heteroatoms. The molecule has 3 aromatic rings. The first-order chi connectivity index (χ1) is 15.2. The number of pyridine rings is 1. The summed E-state index contributed by atoms with van der Waals surface area (Å²) in [5.41, 5.74) is -0.829. The minimum Gasteiger partial charge on any atom is -0.488 e. The number of halogens is 5. The maximum Gasteiger partial charge on any atom is 0.433 e. The van der Waals surface area contributed by atoms with Gasteiger partial charge in [-0.3, -0.25) is 4.98 Å². The minimum atomic E-state index is -4.55. The third-order valence-electron chi connectivity index (χ3n) is 5.43. The van der Waals surface area contributed by atoms with E-state index in [0.29, 0.717) is 30.8 Å². The molecule has 0 N–H and O–H groups in total. The molecule has 2 aliphatic heterocycles. The van der Waals surface area contributed by atoms with Crippen molar-refractivity contribution in [2.45, 2.75) is 37.3 Å². The molecule has 0 amide bonds. The highest BCUT2D eigenvalue weighted by molar-refractivity contribution is 5.71. The molecule has 32 heavy (non-hydrogen) atoms. The number of fused-ring (bicyclic) bond motifs is 1. The van der Waals surface area contributed by atoms with Crippen molar-refractivity contribution in [2.24, 2.45) is 0 Å². The van der Waals surface area contributed by atoms with Gasteiger partial charge in [0.2, 0.25) is 0 Å². The second kappa shape index (κ2) is 7.50. The molecule has 5 rings (SSSR count). The highest BCUT2D eigenvalue weighted by atomic mass is 19.4. The fraction of sp³-hybridized carbons (Fsp3) is 0.474. The molecule has 2 fully saturated rings. The van der Waals surface area contributed by atoms with Crippen molar-refractivity contribution in [2.75, 3.05) is 24.6 Å². The van der Waals surface area contributed by atoms with Gasteiger partial charge in [-0.1, -0.05) is 0 Å². The predicted octanol–water partition coefficient (Wildman–Crippen LogP) is 2.93. The third kappa shape index (κ3) is 3.92. The van der Waals surface area contributed by atoms with E-state index in [-0.39, 0.29) is 18.0 Å². The molecule has 0 aliphatic carbocycles. The molecule has 8 nitrogen and oxygen atoms in total. The number of aromatic nitrogens is 5. The van der Waals surface area contributed by atoms with Gasteiger partial charge < -0.3 is 14.4 Å². The Hall–Kier alpha value is -3.09. The number of ether oxygens (including phenoxy) is 2. The fourth-order valence-electron chi connectivity index (χ4n) is 4.00. The van der Waals surface area contributed by atoms with Crippen molar-refractivity contribution in [3.63, 3.8) is 0 Å². The summed E-state index contributed by atoms with van der Waals surface area (Å²) >= 11 is 0. The predicted molar refractivity (Wildman–Crippen MR) is 100 cm³/mol. The van der Waals surface area contributed by atoms with Crippen LogP contribution in [0.5, 0.6) is 5.75 Å². The van der Waals surface area contributed by atoms with Crippen LogP contribution in [0.15, 0.2) is 30.7 Å². The zero-order valence-electron chi connectivity index (χ0n) is 16.5. The lowest BCUT2D eigenvalue weighted by atomic mass is 9.90. The highest BCUT2D eigenvalue weighted by Gasteiger charge is 2.51. The van der Waals surface area contributed by atoms with Gasteiger partial charge in [-0.15, -0.1) is 0 Å². The van der Waals surface area contributed by atoms with E-state index in [1.54, 1.807) is 6.20 Å². The zero-order valence-corrected chi connectivity index (χ0v) is 16.5. The second-order valence-electron chi connectivity index (χ2n) is 7.82. The molecule has 2 aliphatic rings. The summed E-state index contributed by atoms with van der Waals surface area (Å²) in [5.74, 6) is 0.592. The number of hydrogen-bond acceptors (Lipinski definition) is 7. The number of alkyl halides is 5. The second-order valence-corrected chi connectivity index (χ2v) is 7.82. The largest absolute Gasteiger partial charge is 0.488 e. The quantitative estimate of drug-likeness (QED) is 0.547. The maximum absolute atomic E-state index is 12.8. The molecule has 170 valence electrons. The normalized spacial score (nSPS) is 20.3. The van der Waals surface area contributed by atoms with Crippen molar-refractivity contribution >= 4 is 17.0 Å². The monoisotopic (exact) mass is 456 g/mol. The van der Waals surface area contributed by atoms with Crippen LogP contribution in [-0.4, -0.2) is 62.6 Å². The van der Waals surface area contributed by atoms with Crippen LogP contribution >= 0.6 is 0 Å². The van der Waals surface area contributed by atoms with E-state index in [9.17, 15) is 22.0 Å². The Morgan fingerprint density at radius 2 is 2.03 bits per heavy atom. The summed E-state index contributed by atoms with van der Waals surface area (Å²) in [6, 6.07) is 2.24. The van der Waals surface area contributed by atoms with Crippen molar-refractivity contribution in [1.82, 2.24) is 24.7 Å². The molecular weight excluding hydrogens is 439 g/mol. The Balaban J connectivity index is 1.23. The maximum atomic E-state index is 12.8. The van der Waals surface area contributed by atoms with Crippen LogP contribution in [-0.2, 0) is 17.5 Å². The van der Waals surface area contributed by atoms with Gasteiger partial charge >= 0.3 is 6.18 Å². The first-order valence-corrected chi connectivity index (χ1v) is 9.76. The Kier molecular flexibility index (Phi) is 4.87. The van der Waals surface area contributed by atoms with E-state index in [0.717, 1.165) is 16.9 Å². The summed E-state index contributed by atoms with van der Waals surface area (Å²) in [6.45, 7) is 0.614. The van der Waals surface area contributed by atoms with Crippen LogP contribution < -0.4 is 9.64 Å². The number of nitrogens with zero attached hydrogens (tertiary/aromatic N) is 6. The van der Waals surface area contributed by atoms with E-state index in [1.165, 1.54) is 12.3 Å². The van der Waals surface area contributed by atoms with E-state index in [4.69, 9.17) is 9.47 Å². The van der Waals surface area contributed by atoms with Crippen molar-refractivity contribution in [1.29, 1.82) is 0 Å². The summed E-state index contributed by atoms with van der Waals surface area (Å²) in [5, 5.41) is 3.90. The number of hydrogen-bond donors (Lipinski definition) is 0. The Bertz CT molecular complexity index is 1130. The molecule has 1 spiro atoms. The topological polar surface area (TPSA) is 78.2 Å². The molecule has 2 saturated heterocycles. The molecule has 0 aromatic carbocycles. The lowest BCUT2D eigenvalue weighted by Gasteiger charge is -2.47. The molecule has 3 aromatic heterocycles. The molecule has 0 radical (unpaired) electrons. The van der Waals surface area contributed by atoms with Crippen molar-refractivity contribution < 1.29 is 31.4 Å². The van der Waals surface area contributed by atoms with Gasteiger partial charge in [0.05, 0.1) is 32.1 Å². The minimum absolute atomic E-state index is 0.0813. The lowest BCUT2D eigenvalue weighted by Crippen LogP contribution is -2.62. The van der Waals surface area contributed by atoms with E-state index < -0.39 is 36.5 Å². The Morgan fingerprint density at radius 1 is 1.22 bits per heavy atom. The van der Waals surface area contributed by atoms with Crippen LogP contribution in [0.1, 0.15) is 12.1 Å². The van der Waals surface area contributed by atoms with Crippen LogP contribution in [0.25, 0.3) is 11.2 Å². The van der Waals surface area contributed by atoms with Gasteiger partial charge in [-0.05, 0) is 6.07 Å². The van der Waals surface area contributed by atoms with Crippen LogP contribution in [0.4, 0.5) is 27.8 Å². The number of rotatable bonds is 5. The van der Waals surface area contributed by atoms with Gasteiger partial charge in [-0.2, -0.15) is 18.3 Å². The summed E-state index contributed by atoms with van der Waals surface area (Å²) in [7, 11) is 0. The van der Waals surface area contributed by atoms with Crippen LogP contribution in [0.3, 0.4) is 0 Å². The SMILES string of the molecule is FC(F)Cn1ncc2ncc(N3CC4(CC(Oc5ccnc(C(F)(F)F)c5)CO4)C3)nc21. The van der Waals surface area contributed by atoms with Gasteiger partial charge in [-0.25, -0.2) is 23.4 Å². The van der Waals surface area contributed by atoms with Gasteiger partial charge in [0, 0.05) is 18.7 Å². The van der Waals surface area contributed by atoms with Crippen molar-refractivity contribution in [3.05, 3.63) is 36.4 Å². The molecule has 0 saturated carbocycles. The third-order valence-corrected chi connectivity index (χ3v) is 5.43. The van der Waals surface area contributed by atoms with Crippen LogP contribution in [0, 0.1) is 0 Å². The molecule has 1 atom stereocenters. The zero-order chi connectivity index (χ0) is 22.5. The average Bonchev–Trinajstić information content (AvgIpc) is 3.30. The highest BCUT2D eigenvalue weighted by Crippen LogP contribution is 2.39. The molecular formula is C19H17F5N6O2. The smallest absolute Gasteiger partial charge is 0.433 e. The summed E-state index contributed by atoms with van der Waals surface area (Å²) < 4.78 is 76.7. The van der Waals surface area contributed by atoms with E-state index in [1.807, 2.05) is 4.90 Å². The summed E-state index contributed by atoms with van der Waals surface area (Å²) in [6.07, 6.45) is -3.03. The van der Waals surface area contributed by atoms with E-state index >= 15 is 0 Å². The van der Waals surface area contributed by atoms with E-state index in [2.05, 4.69) is 20.1 Å². The molecule has 5 heterocycles.